The third-order valence-electron chi connectivity index (χ3n) is 4.21. The first-order chi connectivity index (χ1) is 9.33. The van der Waals surface area contributed by atoms with Crippen LogP contribution in [0, 0.1) is 0 Å². The van der Waals surface area contributed by atoms with Gasteiger partial charge in [-0.2, -0.15) is 0 Å². The van der Waals surface area contributed by atoms with Gasteiger partial charge in [0.1, 0.15) is 5.75 Å². The van der Waals surface area contributed by atoms with Crippen molar-refractivity contribution in [3.63, 3.8) is 0 Å². The van der Waals surface area contributed by atoms with E-state index in [-0.39, 0.29) is 12.1 Å². The molecule has 3 nitrogen and oxygen atoms in total. The number of hydrogen-bond donors (Lipinski definition) is 1. The molecule has 2 aliphatic rings. The van der Waals surface area contributed by atoms with Gasteiger partial charge in [-0.15, -0.1) is 0 Å². The van der Waals surface area contributed by atoms with Gasteiger partial charge in [-0.1, -0.05) is 12.1 Å². The highest BCUT2D eigenvalue weighted by Gasteiger charge is 2.21. The summed E-state index contributed by atoms with van der Waals surface area (Å²) in [7, 11) is 0. The van der Waals surface area contributed by atoms with Crippen LogP contribution < -0.4 is 10.5 Å². The highest BCUT2D eigenvalue weighted by atomic mass is 16.5. The van der Waals surface area contributed by atoms with Crippen LogP contribution in [0.1, 0.15) is 36.8 Å². The molecule has 0 radical (unpaired) electrons. The minimum Gasteiger partial charge on any atom is -0.493 e. The molecule has 2 heterocycles. The summed E-state index contributed by atoms with van der Waals surface area (Å²) in [5, 5.41) is 0. The zero-order valence-corrected chi connectivity index (χ0v) is 11.4. The Morgan fingerprint density at radius 1 is 1.26 bits per heavy atom. The molecule has 1 saturated heterocycles. The molecule has 0 aromatic heterocycles. The Kier molecular flexibility index (Phi) is 4.04. The molecular formula is C16H23NO2. The van der Waals surface area contributed by atoms with E-state index in [0.717, 1.165) is 44.6 Å². The van der Waals surface area contributed by atoms with E-state index in [2.05, 4.69) is 18.2 Å². The summed E-state index contributed by atoms with van der Waals surface area (Å²) in [6.45, 7) is 1.71. The van der Waals surface area contributed by atoms with Crippen molar-refractivity contribution in [2.24, 2.45) is 5.73 Å². The molecule has 0 aliphatic carbocycles. The lowest BCUT2D eigenvalue weighted by Gasteiger charge is -2.28. The van der Waals surface area contributed by atoms with Crippen molar-refractivity contribution in [3.8, 4) is 5.75 Å². The summed E-state index contributed by atoms with van der Waals surface area (Å²) in [5.74, 6) is 1.06. The summed E-state index contributed by atoms with van der Waals surface area (Å²) in [5.41, 5.74) is 8.98. The van der Waals surface area contributed by atoms with Crippen molar-refractivity contribution in [1.82, 2.24) is 0 Å². The first-order valence-electron chi connectivity index (χ1n) is 7.45. The number of ether oxygens (including phenoxy) is 2. The fraction of sp³-hybridized carbons (Fsp3) is 0.625. The molecule has 1 aromatic carbocycles. The fourth-order valence-electron chi connectivity index (χ4n) is 3.02. The summed E-state index contributed by atoms with van der Waals surface area (Å²) in [6, 6.07) is 6.71. The number of aryl methyl sites for hydroxylation is 1. The van der Waals surface area contributed by atoms with Crippen LogP contribution in [-0.2, 0) is 17.6 Å². The number of benzene rings is 1. The predicted molar refractivity (Wildman–Crippen MR) is 75.5 cm³/mol. The van der Waals surface area contributed by atoms with E-state index < -0.39 is 0 Å². The second-order valence-electron chi connectivity index (χ2n) is 5.65. The maximum Gasteiger partial charge on any atom is 0.122 e. The van der Waals surface area contributed by atoms with Crippen LogP contribution in [0.2, 0.25) is 0 Å². The smallest absolute Gasteiger partial charge is 0.122 e. The second-order valence-corrected chi connectivity index (χ2v) is 5.65. The first kappa shape index (κ1) is 12.9. The van der Waals surface area contributed by atoms with Gasteiger partial charge in [0, 0.05) is 19.1 Å². The monoisotopic (exact) mass is 261 g/mol. The lowest BCUT2D eigenvalue weighted by Crippen LogP contribution is -2.39. The molecule has 2 N–H and O–H groups in total. The largest absolute Gasteiger partial charge is 0.493 e. The summed E-state index contributed by atoms with van der Waals surface area (Å²) >= 11 is 0. The van der Waals surface area contributed by atoms with Crippen molar-refractivity contribution in [2.75, 3.05) is 13.2 Å². The van der Waals surface area contributed by atoms with Gasteiger partial charge in [-0.3, -0.25) is 0 Å². The standard InChI is InChI=1S/C16H23NO2/c17-14(16-3-1-2-9-18-16)6-4-12-5-7-15-13(11-12)8-10-19-15/h5,7,11,14,16H,1-4,6,8-10,17H2. The molecule has 2 unspecified atom stereocenters. The lowest BCUT2D eigenvalue weighted by atomic mass is 9.96. The van der Waals surface area contributed by atoms with Crippen LogP contribution in [0.4, 0.5) is 0 Å². The summed E-state index contributed by atoms with van der Waals surface area (Å²) in [6.07, 6.45) is 6.92. The number of rotatable bonds is 4. The van der Waals surface area contributed by atoms with Crippen molar-refractivity contribution in [1.29, 1.82) is 0 Å². The quantitative estimate of drug-likeness (QED) is 0.905. The Hall–Kier alpha value is -1.06. The number of nitrogens with two attached hydrogens (primary N) is 1. The molecule has 1 fully saturated rings. The van der Waals surface area contributed by atoms with Crippen LogP contribution in [0.3, 0.4) is 0 Å². The van der Waals surface area contributed by atoms with E-state index >= 15 is 0 Å². The normalized spacial score (nSPS) is 23.7. The average molecular weight is 261 g/mol. The molecule has 3 rings (SSSR count). The van der Waals surface area contributed by atoms with Gasteiger partial charge in [-0.05, 0) is 49.3 Å². The van der Waals surface area contributed by atoms with E-state index in [9.17, 15) is 0 Å². The predicted octanol–water partition coefficient (Wildman–Crippen LogP) is 2.45. The maximum absolute atomic E-state index is 6.26. The Bertz CT molecular complexity index is 427. The van der Waals surface area contributed by atoms with E-state index in [1.54, 1.807) is 0 Å². The molecule has 2 atom stereocenters. The first-order valence-corrected chi connectivity index (χ1v) is 7.45. The lowest BCUT2D eigenvalue weighted by molar-refractivity contribution is -0.000931. The minimum absolute atomic E-state index is 0.171. The zero-order valence-electron chi connectivity index (χ0n) is 11.4. The number of fused-ring (bicyclic) bond motifs is 1. The minimum atomic E-state index is 0.171. The van der Waals surface area contributed by atoms with Gasteiger partial charge < -0.3 is 15.2 Å². The van der Waals surface area contributed by atoms with E-state index in [1.165, 1.54) is 24.0 Å². The Labute approximate surface area is 115 Å². The van der Waals surface area contributed by atoms with Crippen LogP contribution in [0.15, 0.2) is 18.2 Å². The molecule has 19 heavy (non-hydrogen) atoms. The summed E-state index contributed by atoms with van der Waals surface area (Å²) < 4.78 is 11.3. The maximum atomic E-state index is 6.26. The molecular weight excluding hydrogens is 238 g/mol. The molecule has 0 amide bonds. The van der Waals surface area contributed by atoms with Crippen molar-refractivity contribution >= 4 is 0 Å². The van der Waals surface area contributed by atoms with E-state index in [1.807, 2.05) is 0 Å². The molecule has 2 aliphatic heterocycles. The van der Waals surface area contributed by atoms with Gasteiger partial charge in [0.15, 0.2) is 0 Å². The topological polar surface area (TPSA) is 44.5 Å². The van der Waals surface area contributed by atoms with Crippen LogP contribution in [-0.4, -0.2) is 25.4 Å². The molecule has 3 heteroatoms. The summed E-state index contributed by atoms with van der Waals surface area (Å²) in [4.78, 5) is 0. The Balaban J connectivity index is 1.53. The molecule has 0 bridgehead atoms. The van der Waals surface area contributed by atoms with Gasteiger partial charge in [-0.25, -0.2) is 0 Å². The Morgan fingerprint density at radius 3 is 3.05 bits per heavy atom. The second kappa shape index (κ2) is 5.93. The molecule has 1 aromatic rings. The van der Waals surface area contributed by atoms with Crippen LogP contribution in [0.25, 0.3) is 0 Å². The van der Waals surface area contributed by atoms with Gasteiger partial charge in [0.2, 0.25) is 0 Å². The molecule has 0 spiro atoms. The third kappa shape index (κ3) is 3.10. The Morgan fingerprint density at radius 2 is 2.21 bits per heavy atom. The highest BCUT2D eigenvalue weighted by molar-refractivity contribution is 5.39. The average Bonchev–Trinajstić information content (AvgIpc) is 2.93. The molecule has 0 saturated carbocycles. The van der Waals surface area contributed by atoms with Crippen molar-refractivity contribution in [2.45, 2.75) is 50.7 Å². The van der Waals surface area contributed by atoms with Crippen molar-refractivity contribution < 1.29 is 9.47 Å². The van der Waals surface area contributed by atoms with Gasteiger partial charge in [0.05, 0.1) is 12.7 Å². The van der Waals surface area contributed by atoms with E-state index in [0.29, 0.717) is 0 Å². The van der Waals surface area contributed by atoms with Gasteiger partial charge >= 0.3 is 0 Å². The zero-order chi connectivity index (χ0) is 13.1. The van der Waals surface area contributed by atoms with Crippen LogP contribution >= 0.6 is 0 Å². The SMILES string of the molecule is NC(CCc1ccc2c(c1)CCO2)C1CCCCO1. The van der Waals surface area contributed by atoms with Gasteiger partial charge in [0.25, 0.3) is 0 Å². The van der Waals surface area contributed by atoms with Crippen LogP contribution in [0.5, 0.6) is 5.75 Å². The fourth-order valence-corrected chi connectivity index (χ4v) is 3.02. The van der Waals surface area contributed by atoms with Crippen molar-refractivity contribution in [3.05, 3.63) is 29.3 Å². The number of hydrogen-bond acceptors (Lipinski definition) is 3. The molecule has 104 valence electrons. The van der Waals surface area contributed by atoms with E-state index in [4.69, 9.17) is 15.2 Å². The third-order valence-corrected chi connectivity index (χ3v) is 4.21. The highest BCUT2D eigenvalue weighted by Crippen LogP contribution is 2.26.